The normalized spacial score (nSPS) is 15.6. The molecule has 2 aromatic rings. The van der Waals surface area contributed by atoms with E-state index in [9.17, 15) is 4.39 Å². The van der Waals surface area contributed by atoms with Gasteiger partial charge in [0, 0.05) is 11.5 Å². The molecule has 1 aromatic heterocycles. The molecular weight excluding hydrogens is 469 g/mol. The molecule has 0 saturated heterocycles. The van der Waals surface area contributed by atoms with Crippen LogP contribution >= 0.6 is 50.1 Å². The van der Waals surface area contributed by atoms with E-state index in [-0.39, 0.29) is 5.82 Å². The number of hydrogen-bond donors (Lipinski definition) is 0. The van der Waals surface area contributed by atoms with Gasteiger partial charge in [0.25, 0.3) is 0 Å². The van der Waals surface area contributed by atoms with E-state index < -0.39 is 0 Å². The Morgan fingerprint density at radius 1 is 1.24 bits per heavy atom. The molecule has 2 nitrogen and oxygen atoms in total. The van der Waals surface area contributed by atoms with Gasteiger partial charge in [-0.2, -0.15) is 0 Å². The summed E-state index contributed by atoms with van der Waals surface area (Å²) in [4.78, 5) is 9.06. The minimum Gasteiger partial charge on any atom is -0.232 e. The van der Waals surface area contributed by atoms with Crippen LogP contribution in [0.4, 0.5) is 4.39 Å². The summed E-state index contributed by atoms with van der Waals surface area (Å²) in [6, 6.07) is 4.77. The maximum absolute atomic E-state index is 13.4. The van der Waals surface area contributed by atoms with Gasteiger partial charge in [0.1, 0.15) is 11.0 Å². The number of hydrogen-bond acceptors (Lipinski definition) is 2. The highest BCUT2D eigenvalue weighted by molar-refractivity contribution is 14.1. The third-order valence-electron chi connectivity index (χ3n) is 3.76. The first-order valence-electron chi connectivity index (χ1n) is 6.74. The lowest BCUT2D eigenvalue weighted by molar-refractivity contribution is 0.621. The van der Waals surface area contributed by atoms with Crippen LogP contribution in [0.3, 0.4) is 0 Å². The van der Waals surface area contributed by atoms with Crippen LogP contribution in [-0.4, -0.2) is 9.97 Å². The molecule has 1 aliphatic carbocycles. The van der Waals surface area contributed by atoms with Gasteiger partial charge >= 0.3 is 0 Å². The van der Waals surface area contributed by atoms with Gasteiger partial charge in [-0.15, -0.1) is 0 Å². The molecule has 21 heavy (non-hydrogen) atoms. The van der Waals surface area contributed by atoms with E-state index in [0.29, 0.717) is 21.4 Å². The van der Waals surface area contributed by atoms with Crippen molar-refractivity contribution in [1.82, 2.24) is 9.97 Å². The van der Waals surface area contributed by atoms with E-state index in [4.69, 9.17) is 16.6 Å². The molecule has 0 unspecified atom stereocenters. The van der Waals surface area contributed by atoms with Crippen molar-refractivity contribution < 1.29 is 4.39 Å². The largest absolute Gasteiger partial charge is 0.232 e. The zero-order chi connectivity index (χ0) is 15.0. The Kier molecular flexibility index (Phi) is 4.81. The predicted octanol–water partition coefficient (Wildman–Crippen LogP) is 5.96. The molecule has 1 aliphatic rings. The van der Waals surface area contributed by atoms with E-state index in [1.165, 1.54) is 18.9 Å². The fourth-order valence-corrected chi connectivity index (χ4v) is 3.91. The Morgan fingerprint density at radius 2 is 1.95 bits per heavy atom. The second-order valence-electron chi connectivity index (χ2n) is 5.15. The highest BCUT2D eigenvalue weighted by atomic mass is 127. The van der Waals surface area contributed by atoms with Crippen molar-refractivity contribution in [3.63, 3.8) is 0 Å². The molecule has 1 aromatic carbocycles. The van der Waals surface area contributed by atoms with Crippen LogP contribution in [0, 0.1) is 9.39 Å². The SMILES string of the molecule is Fc1ccc(-c2nc(Cl)c(I)c(C3CCCC3)n2)cc1Br. The van der Waals surface area contributed by atoms with Gasteiger partial charge in [0.15, 0.2) is 5.82 Å². The Balaban J connectivity index is 2.08. The van der Waals surface area contributed by atoms with Gasteiger partial charge in [-0.05, 0) is 69.6 Å². The molecule has 6 heteroatoms. The zero-order valence-electron chi connectivity index (χ0n) is 11.0. The second kappa shape index (κ2) is 6.46. The van der Waals surface area contributed by atoms with Crippen molar-refractivity contribution in [2.24, 2.45) is 0 Å². The van der Waals surface area contributed by atoms with Crippen LogP contribution in [-0.2, 0) is 0 Å². The molecule has 0 amide bonds. The lowest BCUT2D eigenvalue weighted by Gasteiger charge is -2.13. The first-order valence-corrected chi connectivity index (χ1v) is 8.99. The van der Waals surface area contributed by atoms with E-state index in [0.717, 1.165) is 27.7 Å². The fraction of sp³-hybridized carbons (Fsp3) is 0.333. The number of halogens is 4. The molecular formula is C15H12BrClFIN2. The summed E-state index contributed by atoms with van der Waals surface area (Å²) in [6.45, 7) is 0. The number of benzene rings is 1. The Hall–Kier alpha value is -0.270. The third kappa shape index (κ3) is 3.24. The molecule has 1 saturated carbocycles. The first kappa shape index (κ1) is 15.6. The topological polar surface area (TPSA) is 25.8 Å². The van der Waals surface area contributed by atoms with E-state index in [1.807, 2.05) is 0 Å². The van der Waals surface area contributed by atoms with Crippen molar-refractivity contribution >= 4 is 50.1 Å². The van der Waals surface area contributed by atoms with E-state index in [1.54, 1.807) is 12.1 Å². The molecule has 3 rings (SSSR count). The van der Waals surface area contributed by atoms with Gasteiger partial charge in [-0.1, -0.05) is 24.4 Å². The highest BCUT2D eigenvalue weighted by Gasteiger charge is 2.23. The third-order valence-corrected chi connectivity index (χ3v) is 6.02. The molecule has 0 spiro atoms. The molecule has 1 heterocycles. The molecule has 0 aliphatic heterocycles. The van der Waals surface area contributed by atoms with Crippen LogP contribution in [0.5, 0.6) is 0 Å². The van der Waals surface area contributed by atoms with Crippen molar-refractivity contribution in [3.05, 3.63) is 42.9 Å². The van der Waals surface area contributed by atoms with Crippen LogP contribution in [0.2, 0.25) is 5.15 Å². The predicted molar refractivity (Wildman–Crippen MR) is 94.1 cm³/mol. The van der Waals surface area contributed by atoms with Crippen molar-refractivity contribution in [2.75, 3.05) is 0 Å². The Labute approximate surface area is 149 Å². The van der Waals surface area contributed by atoms with Crippen molar-refractivity contribution in [3.8, 4) is 11.4 Å². The summed E-state index contributed by atoms with van der Waals surface area (Å²) < 4.78 is 14.7. The van der Waals surface area contributed by atoms with Gasteiger partial charge in [0.2, 0.25) is 0 Å². The minimum atomic E-state index is -0.300. The maximum Gasteiger partial charge on any atom is 0.161 e. The minimum absolute atomic E-state index is 0.300. The zero-order valence-corrected chi connectivity index (χ0v) is 15.5. The lowest BCUT2D eigenvalue weighted by Crippen LogP contribution is -2.04. The number of aromatic nitrogens is 2. The summed E-state index contributed by atoms with van der Waals surface area (Å²) >= 11 is 11.7. The summed E-state index contributed by atoms with van der Waals surface area (Å²) in [5.74, 6) is 0.717. The smallest absolute Gasteiger partial charge is 0.161 e. The molecule has 0 N–H and O–H groups in total. The average molecular weight is 482 g/mol. The molecule has 110 valence electrons. The standard InChI is InChI=1S/C15H12BrClFIN2/c16-10-7-9(5-6-11(10)18)15-20-13(8-3-1-2-4-8)12(19)14(17)21-15/h5-8H,1-4H2. The average Bonchev–Trinajstić information content (AvgIpc) is 2.98. The van der Waals surface area contributed by atoms with Crippen molar-refractivity contribution in [1.29, 1.82) is 0 Å². The summed E-state index contributed by atoms with van der Waals surface area (Å²) in [5.41, 5.74) is 1.80. The quantitative estimate of drug-likeness (QED) is 0.391. The Bertz CT molecular complexity index is 690. The Morgan fingerprint density at radius 3 is 2.62 bits per heavy atom. The van der Waals surface area contributed by atoms with E-state index >= 15 is 0 Å². The number of rotatable bonds is 2. The maximum atomic E-state index is 13.4. The van der Waals surface area contributed by atoms with Crippen LogP contribution in [0.25, 0.3) is 11.4 Å². The fourth-order valence-electron chi connectivity index (χ4n) is 2.67. The number of nitrogens with zero attached hydrogens (tertiary/aromatic N) is 2. The van der Waals surface area contributed by atoms with Gasteiger partial charge in [0.05, 0.1) is 13.7 Å². The summed E-state index contributed by atoms with van der Waals surface area (Å²) in [5, 5.41) is 0.475. The second-order valence-corrected chi connectivity index (χ2v) is 7.44. The molecule has 1 fully saturated rings. The molecule has 0 bridgehead atoms. The van der Waals surface area contributed by atoms with Crippen LogP contribution < -0.4 is 0 Å². The molecule has 0 radical (unpaired) electrons. The van der Waals surface area contributed by atoms with Crippen LogP contribution in [0.15, 0.2) is 22.7 Å². The summed E-state index contributed by atoms with van der Waals surface area (Å²) in [7, 11) is 0. The van der Waals surface area contributed by atoms with Gasteiger partial charge < -0.3 is 0 Å². The summed E-state index contributed by atoms with van der Waals surface area (Å²) in [6.07, 6.45) is 4.77. The van der Waals surface area contributed by atoms with Crippen molar-refractivity contribution in [2.45, 2.75) is 31.6 Å². The lowest BCUT2D eigenvalue weighted by atomic mass is 10.0. The van der Waals surface area contributed by atoms with Gasteiger partial charge in [-0.3, -0.25) is 0 Å². The monoisotopic (exact) mass is 480 g/mol. The van der Waals surface area contributed by atoms with Gasteiger partial charge in [-0.25, -0.2) is 14.4 Å². The molecule has 0 atom stereocenters. The van der Waals surface area contributed by atoms with Crippen LogP contribution in [0.1, 0.15) is 37.3 Å². The van der Waals surface area contributed by atoms with E-state index in [2.05, 4.69) is 43.5 Å². The first-order chi connectivity index (χ1) is 10.1. The highest BCUT2D eigenvalue weighted by Crippen LogP contribution is 2.38.